The van der Waals surface area contributed by atoms with Crippen LogP contribution in [0, 0.1) is 0 Å². The molecule has 0 aromatic heterocycles. The van der Waals surface area contributed by atoms with E-state index >= 15 is 0 Å². The maximum absolute atomic E-state index is 14.4. The molecule has 0 radical (unpaired) electrons. The van der Waals surface area contributed by atoms with E-state index in [1.807, 2.05) is 0 Å². The Labute approximate surface area is 179 Å². The van der Waals surface area contributed by atoms with Gasteiger partial charge in [0.25, 0.3) is 0 Å². The molecule has 28 heavy (non-hydrogen) atoms. The third-order valence-electron chi connectivity index (χ3n) is 5.87. The molecule has 0 aliphatic carbocycles. The molecule has 0 bridgehead atoms. The summed E-state index contributed by atoms with van der Waals surface area (Å²) in [6, 6.07) is 0. The first kappa shape index (κ1) is 28.6. The number of hydrogen-bond donors (Lipinski definition) is 0. The SMILES string of the molecule is CCCCCC[O][Zr](=[O])([CH2]CCCCC)([CH2]CCCCC)[O]CCCCCC. The Morgan fingerprint density at radius 3 is 1.11 bits per heavy atom. The average molecular weight is 480 g/mol. The normalized spacial score (nSPS) is 12.6. The minimum absolute atomic E-state index is 0.630. The molecule has 0 aliphatic rings. The van der Waals surface area contributed by atoms with E-state index in [0.717, 1.165) is 38.5 Å². The van der Waals surface area contributed by atoms with Gasteiger partial charge in [-0.2, -0.15) is 0 Å². The fourth-order valence-electron chi connectivity index (χ4n) is 3.90. The summed E-state index contributed by atoms with van der Waals surface area (Å²) in [6.07, 6.45) is 18.4. The van der Waals surface area contributed by atoms with Crippen molar-refractivity contribution >= 4 is 0 Å². The molecule has 3 nitrogen and oxygen atoms in total. The topological polar surface area (TPSA) is 35.5 Å². The molecule has 0 saturated carbocycles. The van der Waals surface area contributed by atoms with Crippen molar-refractivity contribution in [1.82, 2.24) is 0 Å². The molecule has 0 amide bonds. The molecular formula is C24H52O3Zr. The number of rotatable bonds is 22. The molecule has 0 unspecified atom stereocenters. The van der Waals surface area contributed by atoms with Crippen LogP contribution in [0.3, 0.4) is 0 Å². The Kier molecular flexibility index (Phi) is 18.8. The summed E-state index contributed by atoms with van der Waals surface area (Å²) in [5.74, 6) is 0. The van der Waals surface area contributed by atoms with Gasteiger partial charge in [0.05, 0.1) is 0 Å². The van der Waals surface area contributed by atoms with Crippen LogP contribution in [-0.4, -0.2) is 13.2 Å². The molecular weight excluding hydrogens is 427 g/mol. The average Bonchev–Trinajstić information content (AvgIpc) is 2.69. The van der Waals surface area contributed by atoms with Crippen LogP contribution >= 0.6 is 0 Å². The van der Waals surface area contributed by atoms with Crippen LogP contribution in [0.4, 0.5) is 0 Å². The molecule has 0 saturated heterocycles. The quantitative estimate of drug-likeness (QED) is 0.145. The first-order chi connectivity index (χ1) is 13.5. The van der Waals surface area contributed by atoms with E-state index in [9.17, 15) is 2.81 Å². The Hall–Kier alpha value is 0.603. The summed E-state index contributed by atoms with van der Waals surface area (Å²) in [4.78, 5) is 0. The number of hydrogen-bond acceptors (Lipinski definition) is 3. The van der Waals surface area contributed by atoms with Crippen molar-refractivity contribution in [2.24, 2.45) is 0 Å². The van der Waals surface area contributed by atoms with Crippen molar-refractivity contribution in [3.05, 3.63) is 0 Å². The molecule has 0 atom stereocenters. The maximum atomic E-state index is 14.4. The third kappa shape index (κ3) is 14.6. The zero-order valence-electron chi connectivity index (χ0n) is 19.9. The van der Waals surface area contributed by atoms with Crippen molar-refractivity contribution in [3.8, 4) is 0 Å². The van der Waals surface area contributed by atoms with Gasteiger partial charge in [-0.15, -0.1) is 0 Å². The van der Waals surface area contributed by atoms with Crippen LogP contribution in [0.5, 0.6) is 0 Å². The van der Waals surface area contributed by atoms with E-state index in [1.54, 1.807) is 0 Å². The van der Waals surface area contributed by atoms with Gasteiger partial charge >= 0.3 is 180 Å². The summed E-state index contributed by atoms with van der Waals surface area (Å²) in [7, 11) is 0. The van der Waals surface area contributed by atoms with Crippen molar-refractivity contribution in [2.45, 2.75) is 139 Å². The second-order valence-corrected chi connectivity index (χ2v) is 19.4. The molecule has 0 rings (SSSR count). The van der Waals surface area contributed by atoms with Crippen LogP contribution in [0.1, 0.15) is 130 Å². The second-order valence-electron chi connectivity index (χ2n) is 8.81. The number of unbranched alkanes of at least 4 members (excludes halogenated alkanes) is 12. The first-order valence-corrected chi connectivity index (χ1v) is 19.2. The van der Waals surface area contributed by atoms with Gasteiger partial charge in [0.1, 0.15) is 0 Å². The van der Waals surface area contributed by atoms with Gasteiger partial charge in [0.2, 0.25) is 0 Å². The van der Waals surface area contributed by atoms with Crippen LogP contribution < -0.4 is 0 Å². The van der Waals surface area contributed by atoms with Gasteiger partial charge in [0, 0.05) is 0 Å². The summed E-state index contributed by atoms with van der Waals surface area (Å²) in [5.41, 5.74) is 0. The summed E-state index contributed by atoms with van der Waals surface area (Å²) < 4.78 is 28.6. The predicted octanol–water partition coefficient (Wildman–Crippen LogP) is 9.04. The standard InChI is InChI=1S/2C6H13O.2C6H13.O.Zr/c2*1-2-3-4-5-6-7;2*1-3-5-6-4-2;;/h2*2-6H2,1H3;2*1,3-6H2,2H3;;/q2*-1;;;;+2. The molecule has 0 aliphatic heterocycles. The van der Waals surface area contributed by atoms with Gasteiger partial charge in [0.15, 0.2) is 0 Å². The summed E-state index contributed by atoms with van der Waals surface area (Å²) in [5, 5.41) is 0. The van der Waals surface area contributed by atoms with E-state index in [2.05, 4.69) is 27.7 Å². The van der Waals surface area contributed by atoms with Crippen molar-refractivity contribution in [2.75, 3.05) is 13.2 Å². The zero-order chi connectivity index (χ0) is 21.0. The van der Waals surface area contributed by atoms with E-state index in [1.165, 1.54) is 64.2 Å². The van der Waals surface area contributed by atoms with Crippen LogP contribution in [0.2, 0.25) is 8.26 Å². The first-order valence-electron chi connectivity index (χ1n) is 12.7. The summed E-state index contributed by atoms with van der Waals surface area (Å²) in [6.45, 7) is 10.2. The van der Waals surface area contributed by atoms with Crippen molar-refractivity contribution in [3.63, 3.8) is 0 Å². The Bertz CT molecular complexity index is 359. The van der Waals surface area contributed by atoms with Gasteiger partial charge in [-0.1, -0.05) is 0 Å². The van der Waals surface area contributed by atoms with Gasteiger partial charge in [-0.3, -0.25) is 0 Å². The summed E-state index contributed by atoms with van der Waals surface area (Å²) >= 11 is -4.81. The van der Waals surface area contributed by atoms with E-state index in [4.69, 9.17) is 5.63 Å². The molecule has 170 valence electrons. The molecule has 0 fully saturated rings. The van der Waals surface area contributed by atoms with E-state index < -0.39 is 19.7 Å². The van der Waals surface area contributed by atoms with Crippen LogP contribution in [0.25, 0.3) is 0 Å². The van der Waals surface area contributed by atoms with E-state index in [-0.39, 0.29) is 0 Å². The molecule has 0 N–H and O–H groups in total. The predicted molar refractivity (Wildman–Crippen MR) is 119 cm³/mol. The molecule has 0 aromatic carbocycles. The minimum atomic E-state index is -4.81. The third-order valence-corrected chi connectivity index (χ3v) is 16.5. The van der Waals surface area contributed by atoms with Gasteiger partial charge in [-0.05, 0) is 0 Å². The van der Waals surface area contributed by atoms with Gasteiger partial charge in [-0.25, -0.2) is 0 Å². The molecule has 0 heterocycles. The zero-order valence-corrected chi connectivity index (χ0v) is 22.3. The molecule has 0 spiro atoms. The van der Waals surface area contributed by atoms with Crippen LogP contribution in [0.15, 0.2) is 0 Å². The van der Waals surface area contributed by atoms with Crippen molar-refractivity contribution in [1.29, 1.82) is 0 Å². The Morgan fingerprint density at radius 1 is 0.464 bits per heavy atom. The molecule has 4 heteroatoms. The fourth-order valence-corrected chi connectivity index (χ4v) is 13.7. The van der Waals surface area contributed by atoms with E-state index in [0.29, 0.717) is 21.5 Å². The van der Waals surface area contributed by atoms with Crippen molar-refractivity contribution < 1.29 is 28.1 Å². The van der Waals surface area contributed by atoms with Crippen LogP contribution in [-0.2, 0) is 28.1 Å². The molecule has 0 aromatic rings. The monoisotopic (exact) mass is 478 g/mol. The van der Waals surface area contributed by atoms with Gasteiger partial charge < -0.3 is 0 Å². The Balaban J connectivity index is 4.98. The Morgan fingerprint density at radius 2 is 0.786 bits per heavy atom. The fraction of sp³-hybridized carbons (Fsp3) is 1.00. The second kappa shape index (κ2) is 18.4.